The first-order valence-corrected chi connectivity index (χ1v) is 2.74. The van der Waals surface area contributed by atoms with Crippen molar-refractivity contribution in [2.75, 3.05) is 6.61 Å². The summed E-state index contributed by atoms with van der Waals surface area (Å²) in [6.07, 6.45) is 1.60. The minimum Gasteiger partial charge on any atom is -0.478 e. The van der Waals surface area contributed by atoms with E-state index in [-0.39, 0.29) is 23.7 Å². The Hall–Kier alpha value is -0.801. The Morgan fingerprint density at radius 2 is 2.00 bits per heavy atom. The van der Waals surface area contributed by atoms with Crippen LogP contribution in [-0.4, -0.2) is 23.7 Å². The van der Waals surface area contributed by atoms with Crippen LogP contribution < -0.4 is 0 Å². The van der Waals surface area contributed by atoms with Gasteiger partial charge in [0.15, 0.2) is 0 Å². The van der Waals surface area contributed by atoms with E-state index >= 15 is 0 Å². The second kappa shape index (κ2) is 7.31. The van der Waals surface area contributed by atoms with E-state index in [2.05, 4.69) is 4.74 Å². The summed E-state index contributed by atoms with van der Waals surface area (Å²) in [6, 6.07) is 0. The molecule has 11 heavy (non-hydrogen) atoms. The van der Waals surface area contributed by atoms with Crippen LogP contribution in [0, 0.1) is 0 Å². The van der Waals surface area contributed by atoms with Crippen LogP contribution in [0.2, 0.25) is 0 Å². The molecule has 0 aliphatic rings. The summed E-state index contributed by atoms with van der Waals surface area (Å²) in [5.41, 5.74) is 0. The smallest absolute Gasteiger partial charge is 0.330 e. The SMILES string of the molecule is CCOC(=O)/C=C/C(=O)O.[Fe]. The van der Waals surface area contributed by atoms with Crippen LogP contribution in [0.1, 0.15) is 6.92 Å². The summed E-state index contributed by atoms with van der Waals surface area (Å²) in [7, 11) is 0. The van der Waals surface area contributed by atoms with E-state index in [1.54, 1.807) is 6.92 Å². The number of carbonyl (C=O) groups is 2. The van der Waals surface area contributed by atoms with Gasteiger partial charge in [-0.1, -0.05) is 0 Å². The standard InChI is InChI=1S/C6H8O4.Fe/c1-2-10-6(9)4-3-5(7)8;/h3-4H,2H2,1H3,(H,7,8);/b4-3+;. The molecule has 0 amide bonds. The number of aliphatic carboxylic acids is 1. The molecule has 0 rings (SSSR count). The Balaban J connectivity index is 0. The molecular weight excluding hydrogens is 192 g/mol. The van der Waals surface area contributed by atoms with Gasteiger partial charge < -0.3 is 9.84 Å². The molecule has 0 saturated heterocycles. The van der Waals surface area contributed by atoms with Crippen molar-refractivity contribution in [2.24, 2.45) is 0 Å². The number of rotatable bonds is 3. The molecule has 0 saturated carbocycles. The van der Waals surface area contributed by atoms with Gasteiger partial charge in [-0.15, -0.1) is 0 Å². The van der Waals surface area contributed by atoms with Crippen molar-refractivity contribution < 1.29 is 36.5 Å². The zero-order valence-corrected chi connectivity index (χ0v) is 6.99. The van der Waals surface area contributed by atoms with E-state index in [1.165, 1.54) is 0 Å². The van der Waals surface area contributed by atoms with Gasteiger partial charge in [0.2, 0.25) is 0 Å². The van der Waals surface area contributed by atoms with Crippen LogP contribution in [0.3, 0.4) is 0 Å². The molecule has 0 aromatic heterocycles. The molecule has 0 aliphatic heterocycles. The van der Waals surface area contributed by atoms with Gasteiger partial charge in [0.25, 0.3) is 0 Å². The van der Waals surface area contributed by atoms with Crippen molar-refractivity contribution in [2.45, 2.75) is 6.92 Å². The van der Waals surface area contributed by atoms with Crippen molar-refractivity contribution in [3.8, 4) is 0 Å². The molecule has 5 heteroatoms. The second-order valence-corrected chi connectivity index (χ2v) is 1.42. The predicted molar refractivity (Wildman–Crippen MR) is 33.4 cm³/mol. The van der Waals surface area contributed by atoms with Gasteiger partial charge in [-0.2, -0.15) is 0 Å². The minimum atomic E-state index is -1.16. The summed E-state index contributed by atoms with van der Waals surface area (Å²) >= 11 is 0. The fourth-order valence-electron chi connectivity index (χ4n) is 0.330. The van der Waals surface area contributed by atoms with Crippen LogP contribution >= 0.6 is 0 Å². The molecule has 0 aromatic rings. The largest absolute Gasteiger partial charge is 0.478 e. The van der Waals surface area contributed by atoms with Crippen LogP contribution in [0.5, 0.6) is 0 Å². The van der Waals surface area contributed by atoms with E-state index in [9.17, 15) is 9.59 Å². The quantitative estimate of drug-likeness (QED) is 0.401. The Labute approximate surface area is 74.7 Å². The number of carboxylic acids is 1. The van der Waals surface area contributed by atoms with Gasteiger partial charge in [0.05, 0.1) is 6.61 Å². The Kier molecular flexibility index (Phi) is 8.53. The first-order valence-electron chi connectivity index (χ1n) is 2.74. The van der Waals surface area contributed by atoms with Gasteiger partial charge in [-0.3, -0.25) is 0 Å². The Morgan fingerprint density at radius 3 is 2.36 bits per heavy atom. The van der Waals surface area contributed by atoms with E-state index in [4.69, 9.17) is 5.11 Å². The third kappa shape index (κ3) is 9.20. The van der Waals surface area contributed by atoms with Crippen LogP contribution in [-0.2, 0) is 31.4 Å². The van der Waals surface area contributed by atoms with Crippen molar-refractivity contribution in [1.82, 2.24) is 0 Å². The fourth-order valence-corrected chi connectivity index (χ4v) is 0.330. The maximum atomic E-state index is 10.4. The number of ether oxygens (including phenoxy) is 1. The minimum absolute atomic E-state index is 0. The number of carboxylic acid groups (broad SMARTS) is 1. The molecule has 0 atom stereocenters. The van der Waals surface area contributed by atoms with Crippen molar-refractivity contribution in [1.29, 1.82) is 0 Å². The molecule has 4 nitrogen and oxygen atoms in total. The number of hydrogen-bond acceptors (Lipinski definition) is 3. The van der Waals surface area contributed by atoms with Crippen molar-refractivity contribution in [3.63, 3.8) is 0 Å². The van der Waals surface area contributed by atoms with E-state index < -0.39 is 11.9 Å². The summed E-state index contributed by atoms with van der Waals surface area (Å²) < 4.78 is 4.40. The first kappa shape index (κ1) is 12.8. The third-order valence-electron chi connectivity index (χ3n) is 0.649. The molecule has 0 aliphatic carbocycles. The zero-order chi connectivity index (χ0) is 7.98. The molecule has 64 valence electrons. The summed E-state index contributed by atoms with van der Waals surface area (Å²) in [4.78, 5) is 20.2. The molecule has 0 spiro atoms. The molecule has 0 bridgehead atoms. The van der Waals surface area contributed by atoms with Crippen molar-refractivity contribution >= 4 is 11.9 Å². The normalized spacial score (nSPS) is 8.82. The summed E-state index contributed by atoms with van der Waals surface area (Å²) in [6.45, 7) is 1.90. The molecule has 0 aromatic carbocycles. The van der Waals surface area contributed by atoms with Gasteiger partial charge in [-0.25, -0.2) is 9.59 Å². The van der Waals surface area contributed by atoms with Gasteiger partial charge in [0, 0.05) is 29.2 Å². The number of esters is 1. The maximum absolute atomic E-state index is 10.4. The number of hydrogen-bond donors (Lipinski definition) is 1. The molecular formula is C6H8FeO4. The van der Waals surface area contributed by atoms with Crippen LogP contribution in [0.15, 0.2) is 12.2 Å². The van der Waals surface area contributed by atoms with E-state index in [1.807, 2.05) is 0 Å². The third-order valence-corrected chi connectivity index (χ3v) is 0.649. The Morgan fingerprint density at radius 1 is 1.45 bits per heavy atom. The van der Waals surface area contributed by atoms with E-state index in [0.29, 0.717) is 0 Å². The first-order chi connectivity index (χ1) is 4.66. The molecule has 0 radical (unpaired) electrons. The summed E-state index contributed by atoms with van der Waals surface area (Å²) in [5.74, 6) is -1.79. The average molecular weight is 200 g/mol. The van der Waals surface area contributed by atoms with Gasteiger partial charge in [-0.05, 0) is 6.92 Å². The van der Waals surface area contributed by atoms with Crippen molar-refractivity contribution in [3.05, 3.63) is 12.2 Å². The predicted octanol–water partition coefficient (Wildman–Crippen LogP) is 0.188. The van der Waals surface area contributed by atoms with E-state index in [0.717, 1.165) is 12.2 Å². The maximum Gasteiger partial charge on any atom is 0.330 e. The molecule has 0 fully saturated rings. The molecule has 0 heterocycles. The Bertz CT molecular complexity index is 164. The zero-order valence-electron chi connectivity index (χ0n) is 5.89. The average Bonchev–Trinajstić information content (AvgIpc) is 1.85. The molecule has 1 N–H and O–H groups in total. The fraction of sp³-hybridized carbons (Fsp3) is 0.333. The second-order valence-electron chi connectivity index (χ2n) is 1.42. The summed E-state index contributed by atoms with van der Waals surface area (Å²) in [5, 5.41) is 8.04. The van der Waals surface area contributed by atoms with Crippen LogP contribution in [0.25, 0.3) is 0 Å². The van der Waals surface area contributed by atoms with Gasteiger partial charge in [0.1, 0.15) is 0 Å². The van der Waals surface area contributed by atoms with Gasteiger partial charge >= 0.3 is 11.9 Å². The molecule has 0 unspecified atom stereocenters. The monoisotopic (exact) mass is 200 g/mol. The topological polar surface area (TPSA) is 63.6 Å². The van der Waals surface area contributed by atoms with Crippen LogP contribution in [0.4, 0.5) is 0 Å². The number of carbonyl (C=O) groups excluding carboxylic acids is 1.